The van der Waals surface area contributed by atoms with Crippen LogP contribution in [0.1, 0.15) is 30.9 Å². The van der Waals surface area contributed by atoms with Crippen LogP contribution in [-0.4, -0.2) is 30.7 Å². The summed E-state index contributed by atoms with van der Waals surface area (Å²) in [7, 11) is 0. The van der Waals surface area contributed by atoms with E-state index in [1.165, 1.54) is 11.1 Å². The lowest BCUT2D eigenvalue weighted by molar-refractivity contribution is -0.124. The Hall–Kier alpha value is -1.39. The number of hydrogen-bond donors (Lipinski definition) is 2. The van der Waals surface area contributed by atoms with Crippen molar-refractivity contribution in [2.45, 2.75) is 44.4 Å². The van der Waals surface area contributed by atoms with Gasteiger partial charge in [-0.3, -0.25) is 4.79 Å². The van der Waals surface area contributed by atoms with Gasteiger partial charge in [0, 0.05) is 19.7 Å². The van der Waals surface area contributed by atoms with Crippen molar-refractivity contribution in [2.75, 3.05) is 13.2 Å². The van der Waals surface area contributed by atoms with Gasteiger partial charge in [-0.15, -0.1) is 0 Å². The van der Waals surface area contributed by atoms with E-state index < -0.39 is 0 Å². The van der Waals surface area contributed by atoms with Crippen molar-refractivity contribution in [1.82, 2.24) is 10.6 Å². The molecule has 3 rings (SSSR count). The summed E-state index contributed by atoms with van der Waals surface area (Å²) in [5, 5.41) is 6.35. The maximum atomic E-state index is 12.3. The molecule has 2 aliphatic heterocycles. The van der Waals surface area contributed by atoms with Crippen LogP contribution in [0.3, 0.4) is 0 Å². The Morgan fingerprint density at radius 1 is 1.45 bits per heavy atom. The van der Waals surface area contributed by atoms with Crippen LogP contribution >= 0.6 is 0 Å². The van der Waals surface area contributed by atoms with Gasteiger partial charge in [-0.05, 0) is 37.3 Å². The molecule has 1 aromatic rings. The van der Waals surface area contributed by atoms with Crippen molar-refractivity contribution in [3.8, 4) is 0 Å². The molecule has 0 radical (unpaired) electrons. The minimum absolute atomic E-state index is 0.0798. The SMILES string of the molecule is CC1(CNC(=O)C2Cc3ccccc3CN2)CCCO1. The summed E-state index contributed by atoms with van der Waals surface area (Å²) in [4.78, 5) is 12.3. The molecule has 1 fully saturated rings. The Labute approximate surface area is 119 Å². The molecule has 2 aliphatic rings. The number of ether oxygens (including phenoxy) is 1. The average molecular weight is 274 g/mol. The van der Waals surface area contributed by atoms with E-state index in [0.29, 0.717) is 6.54 Å². The van der Waals surface area contributed by atoms with Gasteiger partial charge in [-0.25, -0.2) is 0 Å². The minimum atomic E-state index is -0.178. The largest absolute Gasteiger partial charge is 0.373 e. The number of rotatable bonds is 3. The molecular formula is C16H22N2O2. The zero-order valence-electron chi connectivity index (χ0n) is 11.9. The first-order valence-electron chi connectivity index (χ1n) is 7.38. The molecule has 1 amide bonds. The quantitative estimate of drug-likeness (QED) is 0.875. The molecule has 0 saturated carbocycles. The first-order valence-corrected chi connectivity index (χ1v) is 7.38. The zero-order valence-corrected chi connectivity index (χ0v) is 11.9. The fourth-order valence-electron chi connectivity index (χ4n) is 3.01. The third-order valence-corrected chi connectivity index (χ3v) is 4.33. The van der Waals surface area contributed by atoms with Gasteiger partial charge in [-0.1, -0.05) is 24.3 Å². The molecule has 2 atom stereocenters. The predicted molar refractivity (Wildman–Crippen MR) is 77.4 cm³/mol. The molecule has 2 unspecified atom stereocenters. The van der Waals surface area contributed by atoms with E-state index in [0.717, 1.165) is 32.4 Å². The number of amides is 1. The van der Waals surface area contributed by atoms with E-state index in [4.69, 9.17) is 4.74 Å². The lowest BCUT2D eigenvalue weighted by Crippen LogP contribution is -2.50. The first-order chi connectivity index (χ1) is 9.66. The molecule has 0 aromatic heterocycles. The number of benzene rings is 1. The van der Waals surface area contributed by atoms with Crippen molar-refractivity contribution in [2.24, 2.45) is 0 Å². The van der Waals surface area contributed by atoms with E-state index in [1.807, 2.05) is 12.1 Å². The summed E-state index contributed by atoms with van der Waals surface area (Å²) in [6, 6.07) is 8.17. The standard InChI is InChI=1S/C16H22N2O2/c1-16(7-4-8-20-16)11-18-15(19)14-9-12-5-2-3-6-13(12)10-17-14/h2-3,5-6,14,17H,4,7-11H2,1H3,(H,18,19). The van der Waals surface area contributed by atoms with Gasteiger partial charge in [0.25, 0.3) is 0 Å². The van der Waals surface area contributed by atoms with Gasteiger partial charge in [-0.2, -0.15) is 0 Å². The van der Waals surface area contributed by atoms with E-state index in [9.17, 15) is 4.79 Å². The maximum absolute atomic E-state index is 12.3. The third-order valence-electron chi connectivity index (χ3n) is 4.33. The minimum Gasteiger partial charge on any atom is -0.373 e. The van der Waals surface area contributed by atoms with Crippen molar-refractivity contribution >= 4 is 5.91 Å². The van der Waals surface area contributed by atoms with Gasteiger partial charge < -0.3 is 15.4 Å². The van der Waals surface area contributed by atoms with Gasteiger partial charge >= 0.3 is 0 Å². The Bertz CT molecular complexity index is 495. The van der Waals surface area contributed by atoms with Crippen LogP contribution in [0.15, 0.2) is 24.3 Å². The molecule has 0 bridgehead atoms. The van der Waals surface area contributed by atoms with Crippen molar-refractivity contribution in [3.05, 3.63) is 35.4 Å². The summed E-state index contributed by atoms with van der Waals surface area (Å²) < 4.78 is 5.70. The molecule has 4 heteroatoms. The van der Waals surface area contributed by atoms with Crippen LogP contribution in [0, 0.1) is 0 Å². The topological polar surface area (TPSA) is 50.4 Å². The van der Waals surface area contributed by atoms with Crippen LogP contribution in [0.4, 0.5) is 0 Å². The molecule has 4 nitrogen and oxygen atoms in total. The van der Waals surface area contributed by atoms with E-state index in [2.05, 4.69) is 29.7 Å². The van der Waals surface area contributed by atoms with Crippen LogP contribution in [-0.2, 0) is 22.5 Å². The number of fused-ring (bicyclic) bond motifs is 1. The highest BCUT2D eigenvalue weighted by Crippen LogP contribution is 2.24. The molecule has 2 N–H and O–H groups in total. The van der Waals surface area contributed by atoms with E-state index in [-0.39, 0.29) is 17.6 Å². The molecule has 1 saturated heterocycles. The summed E-state index contributed by atoms with van der Waals surface area (Å²) in [6.07, 6.45) is 2.87. The van der Waals surface area contributed by atoms with Crippen LogP contribution < -0.4 is 10.6 Å². The second-order valence-corrected chi connectivity index (χ2v) is 6.03. The number of carbonyl (C=O) groups excluding carboxylic acids is 1. The smallest absolute Gasteiger partial charge is 0.237 e. The summed E-state index contributed by atoms with van der Waals surface area (Å²) >= 11 is 0. The fourth-order valence-corrected chi connectivity index (χ4v) is 3.01. The fraction of sp³-hybridized carbons (Fsp3) is 0.562. The highest BCUT2D eigenvalue weighted by atomic mass is 16.5. The maximum Gasteiger partial charge on any atom is 0.237 e. The molecule has 0 aliphatic carbocycles. The van der Waals surface area contributed by atoms with E-state index >= 15 is 0 Å². The second-order valence-electron chi connectivity index (χ2n) is 6.03. The Kier molecular flexibility index (Phi) is 3.76. The van der Waals surface area contributed by atoms with E-state index in [1.54, 1.807) is 0 Å². The highest BCUT2D eigenvalue weighted by Gasteiger charge is 2.31. The normalized spacial score (nSPS) is 28.9. The molecule has 108 valence electrons. The summed E-state index contributed by atoms with van der Waals surface area (Å²) in [5.74, 6) is 0.0798. The van der Waals surface area contributed by atoms with Crippen LogP contribution in [0.2, 0.25) is 0 Å². The van der Waals surface area contributed by atoms with Crippen molar-refractivity contribution in [3.63, 3.8) is 0 Å². The van der Waals surface area contributed by atoms with Crippen molar-refractivity contribution < 1.29 is 9.53 Å². The highest BCUT2D eigenvalue weighted by molar-refractivity contribution is 5.82. The van der Waals surface area contributed by atoms with Crippen molar-refractivity contribution in [1.29, 1.82) is 0 Å². The van der Waals surface area contributed by atoms with Gasteiger partial charge in [0.1, 0.15) is 0 Å². The number of hydrogen-bond acceptors (Lipinski definition) is 3. The predicted octanol–water partition coefficient (Wildman–Crippen LogP) is 1.39. The summed E-state index contributed by atoms with van der Waals surface area (Å²) in [5.41, 5.74) is 2.39. The Morgan fingerprint density at radius 3 is 3.00 bits per heavy atom. The lowest BCUT2D eigenvalue weighted by atomic mass is 9.95. The second kappa shape index (κ2) is 5.54. The van der Waals surface area contributed by atoms with Crippen LogP contribution in [0.5, 0.6) is 0 Å². The molecule has 0 spiro atoms. The van der Waals surface area contributed by atoms with Gasteiger partial charge in [0.05, 0.1) is 11.6 Å². The lowest BCUT2D eigenvalue weighted by Gasteiger charge is -2.28. The molecule has 20 heavy (non-hydrogen) atoms. The van der Waals surface area contributed by atoms with Gasteiger partial charge in [0.15, 0.2) is 0 Å². The Balaban J connectivity index is 1.56. The average Bonchev–Trinajstić information content (AvgIpc) is 2.91. The Morgan fingerprint density at radius 2 is 2.25 bits per heavy atom. The van der Waals surface area contributed by atoms with Crippen LogP contribution in [0.25, 0.3) is 0 Å². The number of carbonyl (C=O) groups is 1. The third kappa shape index (κ3) is 2.86. The van der Waals surface area contributed by atoms with Gasteiger partial charge in [0.2, 0.25) is 5.91 Å². The molecule has 1 aromatic carbocycles. The first kappa shape index (κ1) is 13.6. The zero-order chi connectivity index (χ0) is 14.0. The molecular weight excluding hydrogens is 252 g/mol. The monoisotopic (exact) mass is 274 g/mol. The molecule has 2 heterocycles. The summed E-state index contributed by atoms with van der Waals surface area (Å²) in [6.45, 7) is 4.25. The number of nitrogens with one attached hydrogen (secondary N) is 2.